The van der Waals surface area contributed by atoms with E-state index in [1.165, 1.54) is 0 Å². The molecule has 0 unspecified atom stereocenters. The summed E-state index contributed by atoms with van der Waals surface area (Å²) < 4.78 is 0. The van der Waals surface area contributed by atoms with Crippen LogP contribution in [0.3, 0.4) is 0 Å². The van der Waals surface area contributed by atoms with Gasteiger partial charge in [0.05, 0.1) is 0 Å². The van der Waals surface area contributed by atoms with E-state index in [0.717, 1.165) is 15.9 Å². The van der Waals surface area contributed by atoms with Gasteiger partial charge in [-0.25, -0.2) is 9.97 Å². The zero-order valence-electron chi connectivity index (χ0n) is 7.79. The summed E-state index contributed by atoms with van der Waals surface area (Å²) in [5, 5.41) is 3.10. The van der Waals surface area contributed by atoms with Gasteiger partial charge in [-0.15, -0.1) is 11.3 Å². The molecular weight excluding hydrogens is 206 g/mol. The van der Waals surface area contributed by atoms with E-state index >= 15 is 0 Å². The Balaban J connectivity index is 2.19. The van der Waals surface area contributed by atoms with Crippen LogP contribution in [0.25, 0.3) is 21.7 Å². The summed E-state index contributed by atoms with van der Waals surface area (Å²) in [6.45, 7) is 0. The smallest absolute Gasteiger partial charge is 0.179 e. The maximum atomic E-state index is 4.45. The van der Waals surface area contributed by atoms with Crippen LogP contribution in [0.15, 0.2) is 42.0 Å². The highest BCUT2D eigenvalue weighted by Gasteiger charge is 2.03. The molecule has 0 saturated heterocycles. The number of hydrogen-bond donors (Lipinski definition) is 0. The van der Waals surface area contributed by atoms with Gasteiger partial charge in [-0.05, 0) is 23.6 Å². The second kappa shape index (κ2) is 3.40. The van der Waals surface area contributed by atoms with Crippen molar-refractivity contribution >= 4 is 21.6 Å². The van der Waals surface area contributed by atoms with E-state index in [-0.39, 0.29) is 0 Å². The van der Waals surface area contributed by atoms with E-state index < -0.39 is 0 Å². The van der Waals surface area contributed by atoms with Crippen molar-refractivity contribution in [3.8, 4) is 11.5 Å². The quantitative estimate of drug-likeness (QED) is 0.624. The number of hydrogen-bond acceptors (Lipinski definition) is 4. The van der Waals surface area contributed by atoms with Crippen LogP contribution in [0.2, 0.25) is 0 Å². The van der Waals surface area contributed by atoms with Crippen LogP contribution in [0.5, 0.6) is 0 Å². The number of pyridine rings is 1. The van der Waals surface area contributed by atoms with Crippen molar-refractivity contribution in [2.75, 3.05) is 0 Å². The fourth-order valence-corrected chi connectivity index (χ4v) is 2.11. The summed E-state index contributed by atoms with van der Waals surface area (Å²) in [5.41, 5.74) is 0.813. The molecule has 0 N–H and O–H groups in total. The average Bonchev–Trinajstić information content (AvgIpc) is 2.77. The van der Waals surface area contributed by atoms with Gasteiger partial charge in [-0.2, -0.15) is 0 Å². The molecule has 0 aromatic carbocycles. The molecule has 0 radical (unpaired) electrons. The molecule has 3 aromatic rings. The van der Waals surface area contributed by atoms with Gasteiger partial charge in [0.25, 0.3) is 0 Å². The van der Waals surface area contributed by atoms with Gasteiger partial charge in [0.2, 0.25) is 0 Å². The van der Waals surface area contributed by atoms with E-state index in [1.807, 2.05) is 35.8 Å². The maximum absolute atomic E-state index is 4.45. The van der Waals surface area contributed by atoms with E-state index in [1.54, 1.807) is 17.5 Å². The lowest BCUT2D eigenvalue weighted by molar-refractivity contribution is 1.18. The Morgan fingerprint density at radius 2 is 2.07 bits per heavy atom. The van der Waals surface area contributed by atoms with Crippen LogP contribution < -0.4 is 0 Å². The minimum Gasteiger partial charge on any atom is -0.253 e. The Kier molecular flexibility index (Phi) is 1.93. The molecular formula is C11H7N3S. The van der Waals surface area contributed by atoms with Crippen LogP contribution in [-0.2, 0) is 0 Å². The van der Waals surface area contributed by atoms with Crippen molar-refractivity contribution in [2.24, 2.45) is 0 Å². The number of aromatic nitrogens is 3. The van der Waals surface area contributed by atoms with Gasteiger partial charge in [-0.1, -0.05) is 6.07 Å². The van der Waals surface area contributed by atoms with Crippen LogP contribution >= 0.6 is 11.3 Å². The van der Waals surface area contributed by atoms with Crippen molar-refractivity contribution in [1.29, 1.82) is 0 Å². The largest absolute Gasteiger partial charge is 0.253 e. The summed E-state index contributed by atoms with van der Waals surface area (Å²) in [6, 6.07) is 7.74. The van der Waals surface area contributed by atoms with E-state index in [0.29, 0.717) is 5.82 Å². The molecule has 0 aliphatic rings. The highest BCUT2D eigenvalue weighted by Crippen LogP contribution is 2.20. The molecule has 0 bridgehead atoms. The van der Waals surface area contributed by atoms with Gasteiger partial charge in [0.1, 0.15) is 10.5 Å². The molecule has 0 saturated carbocycles. The summed E-state index contributed by atoms with van der Waals surface area (Å²) in [7, 11) is 0. The zero-order valence-corrected chi connectivity index (χ0v) is 8.61. The van der Waals surface area contributed by atoms with Crippen molar-refractivity contribution in [2.45, 2.75) is 0 Å². The van der Waals surface area contributed by atoms with Gasteiger partial charge in [-0.3, -0.25) is 4.98 Å². The lowest BCUT2D eigenvalue weighted by atomic mass is 10.3. The zero-order chi connectivity index (χ0) is 10.1. The van der Waals surface area contributed by atoms with E-state index in [2.05, 4.69) is 15.0 Å². The molecule has 72 valence electrons. The topological polar surface area (TPSA) is 38.7 Å². The van der Waals surface area contributed by atoms with Crippen molar-refractivity contribution < 1.29 is 0 Å². The fourth-order valence-electron chi connectivity index (χ4n) is 1.37. The summed E-state index contributed by atoms with van der Waals surface area (Å²) >= 11 is 1.62. The molecule has 0 aliphatic heterocycles. The van der Waals surface area contributed by atoms with Crippen molar-refractivity contribution in [1.82, 2.24) is 15.0 Å². The van der Waals surface area contributed by atoms with Crippen LogP contribution in [0.1, 0.15) is 0 Å². The monoisotopic (exact) mass is 213 g/mol. The minimum absolute atomic E-state index is 0.686. The van der Waals surface area contributed by atoms with Gasteiger partial charge in [0.15, 0.2) is 5.82 Å². The maximum Gasteiger partial charge on any atom is 0.179 e. The fraction of sp³-hybridized carbons (Fsp3) is 0. The molecule has 15 heavy (non-hydrogen) atoms. The number of nitrogens with zero attached hydrogens (tertiary/aromatic N) is 3. The minimum atomic E-state index is 0.686. The molecule has 3 aromatic heterocycles. The predicted octanol–water partition coefficient (Wildman–Crippen LogP) is 2.75. The van der Waals surface area contributed by atoms with E-state index in [9.17, 15) is 0 Å². The van der Waals surface area contributed by atoms with Crippen molar-refractivity contribution in [3.05, 3.63) is 42.0 Å². The lowest BCUT2D eigenvalue weighted by Crippen LogP contribution is -1.89. The molecule has 0 spiro atoms. The number of rotatable bonds is 1. The van der Waals surface area contributed by atoms with Crippen molar-refractivity contribution in [3.63, 3.8) is 0 Å². The second-order valence-corrected chi connectivity index (χ2v) is 3.98. The molecule has 3 nitrogen and oxygen atoms in total. The Morgan fingerprint density at radius 3 is 2.93 bits per heavy atom. The average molecular weight is 213 g/mol. The Bertz CT molecular complexity index is 589. The molecule has 3 heterocycles. The third-order valence-corrected chi connectivity index (χ3v) is 2.92. The standard InChI is InChI=1S/C11H7N3S/c1-2-5-12-9(3-1)10-13-7-8-4-6-15-11(8)14-10/h1-7H. The van der Waals surface area contributed by atoms with Crippen LogP contribution in [-0.4, -0.2) is 15.0 Å². The van der Waals surface area contributed by atoms with E-state index in [4.69, 9.17) is 0 Å². The molecule has 3 rings (SSSR count). The Morgan fingerprint density at radius 1 is 1.07 bits per heavy atom. The van der Waals surface area contributed by atoms with Crippen LogP contribution in [0, 0.1) is 0 Å². The highest BCUT2D eigenvalue weighted by molar-refractivity contribution is 7.16. The highest BCUT2D eigenvalue weighted by atomic mass is 32.1. The Labute approximate surface area is 90.5 Å². The van der Waals surface area contributed by atoms with Gasteiger partial charge < -0.3 is 0 Å². The summed E-state index contributed by atoms with van der Waals surface area (Å²) in [6.07, 6.45) is 3.58. The molecule has 4 heteroatoms. The summed E-state index contributed by atoms with van der Waals surface area (Å²) in [5.74, 6) is 0.686. The SMILES string of the molecule is c1ccc(-c2ncc3ccsc3n2)nc1. The lowest BCUT2D eigenvalue weighted by Gasteiger charge is -1.97. The number of thiophene rings is 1. The molecule has 0 fully saturated rings. The third kappa shape index (κ3) is 1.49. The molecule has 0 aliphatic carbocycles. The predicted molar refractivity (Wildman–Crippen MR) is 60.6 cm³/mol. The first-order valence-electron chi connectivity index (χ1n) is 4.55. The van der Waals surface area contributed by atoms with Gasteiger partial charge in [0, 0.05) is 17.8 Å². The summed E-state index contributed by atoms with van der Waals surface area (Å²) in [4.78, 5) is 14.0. The first-order chi connectivity index (χ1) is 7.43. The second-order valence-electron chi connectivity index (χ2n) is 3.09. The first-order valence-corrected chi connectivity index (χ1v) is 5.43. The van der Waals surface area contributed by atoms with Crippen LogP contribution in [0.4, 0.5) is 0 Å². The first kappa shape index (κ1) is 8.49. The Hall–Kier alpha value is -1.81. The third-order valence-electron chi connectivity index (χ3n) is 2.10. The molecule has 0 atom stereocenters. The molecule has 0 amide bonds. The number of fused-ring (bicyclic) bond motifs is 1. The normalized spacial score (nSPS) is 10.7. The van der Waals surface area contributed by atoms with Gasteiger partial charge >= 0.3 is 0 Å².